The van der Waals surface area contributed by atoms with Gasteiger partial charge in [-0.15, -0.1) is 0 Å². The Balaban J connectivity index is 1.97. The first-order valence-electron chi connectivity index (χ1n) is 6.12. The topological polar surface area (TPSA) is 61.0 Å². The molecule has 0 saturated carbocycles. The summed E-state index contributed by atoms with van der Waals surface area (Å²) in [4.78, 5) is 0. The van der Waals surface area contributed by atoms with Crippen LogP contribution in [0.25, 0.3) is 0 Å². The number of hydrogen-bond donors (Lipinski definition) is 1. The first-order valence-corrected chi connectivity index (χ1v) is 6.12. The number of rotatable bonds is 3. The SMILES string of the molecule is NCC(c1ccc2c(c1)CCO2)c1cccnn1. The van der Waals surface area contributed by atoms with Crippen molar-refractivity contribution in [2.45, 2.75) is 12.3 Å². The van der Waals surface area contributed by atoms with Crippen molar-refractivity contribution in [2.75, 3.05) is 13.2 Å². The molecule has 0 aliphatic carbocycles. The number of nitrogens with two attached hydrogens (primary N) is 1. The molecule has 0 fully saturated rings. The van der Waals surface area contributed by atoms with Crippen LogP contribution in [0.5, 0.6) is 5.75 Å². The third-order valence-corrected chi connectivity index (χ3v) is 3.30. The molecule has 1 aromatic heterocycles. The Kier molecular flexibility index (Phi) is 2.94. The van der Waals surface area contributed by atoms with Crippen LogP contribution < -0.4 is 10.5 Å². The Bertz CT molecular complexity index is 542. The molecule has 1 atom stereocenters. The van der Waals surface area contributed by atoms with E-state index in [9.17, 15) is 0 Å². The normalized spacial score (nSPS) is 14.9. The van der Waals surface area contributed by atoms with E-state index in [4.69, 9.17) is 10.5 Å². The summed E-state index contributed by atoms with van der Waals surface area (Å²) in [5.74, 6) is 1.10. The summed E-state index contributed by atoms with van der Waals surface area (Å²) >= 11 is 0. The molecule has 0 bridgehead atoms. The molecule has 1 aliphatic heterocycles. The van der Waals surface area contributed by atoms with E-state index in [1.54, 1.807) is 6.20 Å². The molecule has 1 aromatic carbocycles. The summed E-state index contributed by atoms with van der Waals surface area (Å²) < 4.78 is 5.51. The van der Waals surface area contributed by atoms with E-state index < -0.39 is 0 Å². The quantitative estimate of drug-likeness (QED) is 0.884. The summed E-state index contributed by atoms with van der Waals surface area (Å²) in [5.41, 5.74) is 9.24. The average Bonchev–Trinajstić information content (AvgIpc) is 2.88. The molecule has 1 aliphatic rings. The van der Waals surface area contributed by atoms with Crippen LogP contribution in [0.3, 0.4) is 0 Å². The molecule has 92 valence electrons. The second-order valence-corrected chi connectivity index (χ2v) is 4.40. The van der Waals surface area contributed by atoms with Crippen molar-refractivity contribution < 1.29 is 4.74 Å². The summed E-state index contributed by atoms with van der Waals surface area (Å²) in [7, 11) is 0. The maximum Gasteiger partial charge on any atom is 0.122 e. The Labute approximate surface area is 106 Å². The zero-order valence-electron chi connectivity index (χ0n) is 10.0. The lowest BCUT2D eigenvalue weighted by Gasteiger charge is -2.14. The van der Waals surface area contributed by atoms with E-state index in [2.05, 4.69) is 22.3 Å². The molecule has 4 heteroatoms. The van der Waals surface area contributed by atoms with Gasteiger partial charge in [0.1, 0.15) is 5.75 Å². The van der Waals surface area contributed by atoms with Gasteiger partial charge in [-0.1, -0.05) is 12.1 Å². The molecule has 4 nitrogen and oxygen atoms in total. The van der Waals surface area contributed by atoms with Crippen molar-refractivity contribution in [2.24, 2.45) is 5.73 Å². The van der Waals surface area contributed by atoms with Crippen molar-refractivity contribution >= 4 is 0 Å². The lowest BCUT2D eigenvalue weighted by Crippen LogP contribution is -2.15. The number of nitrogens with zero attached hydrogens (tertiary/aromatic N) is 2. The minimum atomic E-state index is 0.101. The lowest BCUT2D eigenvalue weighted by atomic mass is 9.93. The highest BCUT2D eigenvalue weighted by molar-refractivity contribution is 5.42. The standard InChI is InChI=1S/C14H15N3O/c15-9-12(13-2-1-6-16-17-13)10-3-4-14-11(8-10)5-7-18-14/h1-4,6,8,12H,5,7,9,15H2. The van der Waals surface area contributed by atoms with E-state index in [1.165, 1.54) is 11.1 Å². The van der Waals surface area contributed by atoms with Gasteiger partial charge in [0.2, 0.25) is 0 Å². The van der Waals surface area contributed by atoms with Crippen LogP contribution in [0.1, 0.15) is 22.7 Å². The van der Waals surface area contributed by atoms with Gasteiger partial charge in [-0.2, -0.15) is 10.2 Å². The summed E-state index contributed by atoms with van der Waals surface area (Å²) in [5, 5.41) is 8.08. The van der Waals surface area contributed by atoms with Crippen molar-refractivity contribution in [3.63, 3.8) is 0 Å². The van der Waals surface area contributed by atoms with E-state index >= 15 is 0 Å². The maximum atomic E-state index is 5.88. The number of ether oxygens (including phenoxy) is 1. The van der Waals surface area contributed by atoms with Crippen LogP contribution in [0.15, 0.2) is 36.5 Å². The number of benzene rings is 1. The first kappa shape index (κ1) is 11.2. The number of hydrogen-bond acceptors (Lipinski definition) is 4. The molecule has 0 saturated heterocycles. The predicted octanol–water partition coefficient (Wildman–Crippen LogP) is 1.50. The van der Waals surface area contributed by atoms with Crippen LogP contribution in [-0.2, 0) is 6.42 Å². The molecular weight excluding hydrogens is 226 g/mol. The Morgan fingerprint density at radius 2 is 2.28 bits per heavy atom. The van der Waals surface area contributed by atoms with E-state index in [0.29, 0.717) is 6.54 Å². The predicted molar refractivity (Wildman–Crippen MR) is 68.6 cm³/mol. The molecule has 3 rings (SSSR count). The highest BCUT2D eigenvalue weighted by Crippen LogP contribution is 2.30. The van der Waals surface area contributed by atoms with Crippen LogP contribution in [-0.4, -0.2) is 23.3 Å². The molecule has 2 heterocycles. The number of aromatic nitrogens is 2. The molecular formula is C14H15N3O. The zero-order chi connectivity index (χ0) is 12.4. The van der Waals surface area contributed by atoms with Gasteiger partial charge in [-0.25, -0.2) is 0 Å². The van der Waals surface area contributed by atoms with Crippen molar-refractivity contribution in [1.82, 2.24) is 10.2 Å². The minimum Gasteiger partial charge on any atom is -0.493 e. The highest BCUT2D eigenvalue weighted by atomic mass is 16.5. The van der Waals surface area contributed by atoms with Gasteiger partial charge in [0.25, 0.3) is 0 Å². The van der Waals surface area contributed by atoms with Crippen molar-refractivity contribution in [3.8, 4) is 5.75 Å². The van der Waals surface area contributed by atoms with Crippen molar-refractivity contribution in [3.05, 3.63) is 53.3 Å². The largest absolute Gasteiger partial charge is 0.493 e. The average molecular weight is 241 g/mol. The van der Waals surface area contributed by atoms with Crippen LogP contribution in [0.2, 0.25) is 0 Å². The zero-order valence-corrected chi connectivity index (χ0v) is 10.0. The number of fused-ring (bicyclic) bond motifs is 1. The summed E-state index contributed by atoms with van der Waals surface area (Å²) in [6.45, 7) is 1.30. The lowest BCUT2D eigenvalue weighted by molar-refractivity contribution is 0.357. The second-order valence-electron chi connectivity index (χ2n) is 4.40. The molecule has 0 amide bonds. The maximum absolute atomic E-state index is 5.88. The Morgan fingerprint density at radius 3 is 3.06 bits per heavy atom. The fourth-order valence-electron chi connectivity index (χ4n) is 2.35. The third-order valence-electron chi connectivity index (χ3n) is 3.30. The van der Waals surface area contributed by atoms with E-state index in [0.717, 1.165) is 24.5 Å². The molecule has 1 unspecified atom stereocenters. The second kappa shape index (κ2) is 4.74. The summed E-state index contributed by atoms with van der Waals surface area (Å²) in [6.07, 6.45) is 2.65. The monoisotopic (exact) mass is 241 g/mol. The van der Waals surface area contributed by atoms with Gasteiger partial charge in [0, 0.05) is 25.1 Å². The smallest absolute Gasteiger partial charge is 0.122 e. The minimum absolute atomic E-state index is 0.101. The van der Waals surface area contributed by atoms with Crippen LogP contribution in [0.4, 0.5) is 0 Å². The molecule has 2 aromatic rings. The van der Waals surface area contributed by atoms with Gasteiger partial charge in [0.15, 0.2) is 0 Å². The molecule has 18 heavy (non-hydrogen) atoms. The Hall–Kier alpha value is -1.94. The van der Waals surface area contributed by atoms with Gasteiger partial charge < -0.3 is 10.5 Å². The van der Waals surface area contributed by atoms with Crippen LogP contribution >= 0.6 is 0 Å². The van der Waals surface area contributed by atoms with E-state index in [-0.39, 0.29) is 5.92 Å². The Morgan fingerprint density at radius 1 is 1.33 bits per heavy atom. The van der Waals surface area contributed by atoms with Gasteiger partial charge in [-0.05, 0) is 29.3 Å². The van der Waals surface area contributed by atoms with E-state index in [1.807, 2.05) is 18.2 Å². The van der Waals surface area contributed by atoms with Crippen molar-refractivity contribution in [1.29, 1.82) is 0 Å². The van der Waals surface area contributed by atoms with Crippen LogP contribution in [0, 0.1) is 0 Å². The fourth-order valence-corrected chi connectivity index (χ4v) is 2.35. The van der Waals surface area contributed by atoms with Gasteiger partial charge >= 0.3 is 0 Å². The fraction of sp³-hybridized carbons (Fsp3) is 0.286. The first-order chi connectivity index (χ1) is 8.88. The third kappa shape index (κ3) is 1.95. The molecule has 0 radical (unpaired) electrons. The molecule has 2 N–H and O–H groups in total. The summed E-state index contributed by atoms with van der Waals surface area (Å²) in [6, 6.07) is 10.1. The highest BCUT2D eigenvalue weighted by Gasteiger charge is 2.18. The van der Waals surface area contributed by atoms with Gasteiger partial charge in [0.05, 0.1) is 12.3 Å². The molecule has 0 spiro atoms. The van der Waals surface area contributed by atoms with Gasteiger partial charge in [-0.3, -0.25) is 0 Å².